The Morgan fingerprint density at radius 2 is 2.21 bits per heavy atom. The van der Waals surface area contributed by atoms with Crippen LogP contribution in [0, 0.1) is 6.92 Å². The molecule has 0 unspecified atom stereocenters. The lowest BCUT2D eigenvalue weighted by Gasteiger charge is -2.33. The van der Waals surface area contributed by atoms with Crippen LogP contribution < -0.4 is 0 Å². The summed E-state index contributed by atoms with van der Waals surface area (Å²) < 4.78 is 0. The van der Waals surface area contributed by atoms with E-state index in [4.69, 9.17) is 5.11 Å². The summed E-state index contributed by atoms with van der Waals surface area (Å²) in [6.07, 6.45) is 4.19. The number of hydrogen-bond acceptors (Lipinski definition) is 3. The number of aryl methyl sites for hydroxylation is 1. The van der Waals surface area contributed by atoms with Gasteiger partial charge < -0.3 is 10.0 Å². The Hall–Kier alpha value is -1.91. The molecule has 1 saturated heterocycles. The van der Waals surface area contributed by atoms with Gasteiger partial charge in [-0.15, -0.1) is 0 Å². The number of aromatic nitrogens is 1. The number of hydrogen-bond donors (Lipinski definition) is 1. The van der Waals surface area contributed by atoms with Gasteiger partial charge in [0.25, 0.3) is 0 Å². The van der Waals surface area contributed by atoms with E-state index in [0.29, 0.717) is 13.0 Å². The molecule has 5 heteroatoms. The summed E-state index contributed by atoms with van der Waals surface area (Å²) in [7, 11) is 0. The molecule has 1 aliphatic rings. The Kier molecular flexibility index (Phi) is 4.14. The summed E-state index contributed by atoms with van der Waals surface area (Å²) in [5.41, 5.74) is 1.72. The highest BCUT2D eigenvalue weighted by atomic mass is 16.4. The van der Waals surface area contributed by atoms with Crippen LogP contribution in [0.3, 0.4) is 0 Å². The molecule has 0 spiro atoms. The minimum Gasteiger partial charge on any atom is -0.480 e. The summed E-state index contributed by atoms with van der Waals surface area (Å²) in [6.45, 7) is 2.42. The number of aliphatic carboxylic acids is 1. The highest BCUT2D eigenvalue weighted by molar-refractivity contribution is 5.85. The van der Waals surface area contributed by atoms with E-state index in [-0.39, 0.29) is 12.3 Å². The molecule has 1 atom stereocenters. The van der Waals surface area contributed by atoms with Gasteiger partial charge in [0.15, 0.2) is 0 Å². The normalized spacial score (nSPS) is 19.2. The van der Waals surface area contributed by atoms with Crippen molar-refractivity contribution in [2.45, 2.75) is 38.6 Å². The molecule has 1 amide bonds. The largest absolute Gasteiger partial charge is 0.480 e. The van der Waals surface area contributed by atoms with Gasteiger partial charge in [-0.1, -0.05) is 6.07 Å². The van der Waals surface area contributed by atoms with Gasteiger partial charge in [0, 0.05) is 18.4 Å². The highest BCUT2D eigenvalue weighted by Gasteiger charge is 2.31. The Morgan fingerprint density at radius 3 is 2.84 bits per heavy atom. The van der Waals surface area contributed by atoms with E-state index in [2.05, 4.69) is 4.98 Å². The molecule has 19 heavy (non-hydrogen) atoms. The molecule has 1 aromatic heterocycles. The number of amides is 1. The third kappa shape index (κ3) is 3.30. The maximum Gasteiger partial charge on any atom is 0.326 e. The minimum absolute atomic E-state index is 0.127. The summed E-state index contributed by atoms with van der Waals surface area (Å²) in [5.74, 6) is -1.03. The van der Waals surface area contributed by atoms with Crippen molar-refractivity contribution in [1.29, 1.82) is 0 Å². The van der Waals surface area contributed by atoms with Crippen LogP contribution in [-0.2, 0) is 16.0 Å². The fourth-order valence-corrected chi connectivity index (χ4v) is 2.37. The van der Waals surface area contributed by atoms with Crippen LogP contribution >= 0.6 is 0 Å². The number of piperidine rings is 1. The zero-order valence-electron chi connectivity index (χ0n) is 11.0. The van der Waals surface area contributed by atoms with Gasteiger partial charge in [0.05, 0.1) is 6.42 Å². The molecule has 1 fully saturated rings. The van der Waals surface area contributed by atoms with Crippen molar-refractivity contribution >= 4 is 11.9 Å². The summed E-state index contributed by atoms with van der Waals surface area (Å²) in [6, 6.07) is 3.05. The molecular formula is C14H18N2O3. The van der Waals surface area contributed by atoms with Crippen molar-refractivity contribution in [1.82, 2.24) is 9.88 Å². The maximum atomic E-state index is 12.2. The zero-order chi connectivity index (χ0) is 13.8. The molecule has 0 radical (unpaired) electrons. The second-order valence-corrected chi connectivity index (χ2v) is 4.92. The van der Waals surface area contributed by atoms with Crippen LogP contribution in [0.4, 0.5) is 0 Å². The van der Waals surface area contributed by atoms with Crippen LogP contribution in [-0.4, -0.2) is 39.5 Å². The molecule has 0 saturated carbocycles. The van der Waals surface area contributed by atoms with E-state index in [9.17, 15) is 9.59 Å². The first-order chi connectivity index (χ1) is 9.08. The Morgan fingerprint density at radius 1 is 1.42 bits per heavy atom. The van der Waals surface area contributed by atoms with Crippen LogP contribution in [0.2, 0.25) is 0 Å². The van der Waals surface area contributed by atoms with Crippen LogP contribution in [0.15, 0.2) is 18.3 Å². The maximum absolute atomic E-state index is 12.2. The standard InChI is InChI=1S/C14H18N2O3/c1-10-5-6-11(9-15-10)8-13(17)16-7-3-2-4-12(16)14(18)19/h5-6,9,12H,2-4,7-8H2,1H3,(H,18,19)/t12-/m1/s1. The second-order valence-electron chi connectivity index (χ2n) is 4.92. The SMILES string of the molecule is Cc1ccc(CC(=O)N2CCCC[C@@H]2C(=O)O)cn1. The molecule has 1 N–H and O–H groups in total. The monoisotopic (exact) mass is 262 g/mol. The number of likely N-dealkylation sites (tertiary alicyclic amines) is 1. The number of rotatable bonds is 3. The highest BCUT2D eigenvalue weighted by Crippen LogP contribution is 2.18. The smallest absolute Gasteiger partial charge is 0.326 e. The van der Waals surface area contributed by atoms with Gasteiger partial charge >= 0.3 is 5.97 Å². The second kappa shape index (κ2) is 5.82. The topological polar surface area (TPSA) is 70.5 Å². The molecule has 2 rings (SSSR count). The predicted octanol–water partition coefficient (Wildman–Crippen LogP) is 1.40. The van der Waals surface area contributed by atoms with Crippen molar-refractivity contribution in [2.75, 3.05) is 6.54 Å². The number of carboxylic acids is 1. The lowest BCUT2D eigenvalue weighted by Crippen LogP contribution is -2.48. The van der Waals surface area contributed by atoms with E-state index in [0.717, 1.165) is 24.1 Å². The molecule has 0 aliphatic carbocycles. The van der Waals surface area contributed by atoms with Crippen LogP contribution in [0.1, 0.15) is 30.5 Å². The average Bonchev–Trinajstić information content (AvgIpc) is 2.41. The molecular weight excluding hydrogens is 244 g/mol. The molecule has 2 heterocycles. The van der Waals surface area contributed by atoms with Gasteiger partial charge in [0.1, 0.15) is 6.04 Å². The summed E-state index contributed by atoms with van der Waals surface area (Å²) in [4.78, 5) is 29.0. The third-order valence-electron chi connectivity index (χ3n) is 3.44. The number of carbonyl (C=O) groups is 2. The number of carbonyl (C=O) groups excluding carboxylic acids is 1. The number of carboxylic acid groups (broad SMARTS) is 1. The van der Waals surface area contributed by atoms with Crippen molar-refractivity contribution < 1.29 is 14.7 Å². The Bertz CT molecular complexity index is 470. The van der Waals surface area contributed by atoms with Gasteiger partial charge in [-0.2, -0.15) is 0 Å². The molecule has 5 nitrogen and oxygen atoms in total. The van der Waals surface area contributed by atoms with E-state index >= 15 is 0 Å². The van der Waals surface area contributed by atoms with Gasteiger partial charge in [0.2, 0.25) is 5.91 Å². The first-order valence-electron chi connectivity index (χ1n) is 6.52. The molecule has 1 aromatic rings. The predicted molar refractivity (Wildman–Crippen MR) is 69.7 cm³/mol. The molecule has 102 valence electrons. The summed E-state index contributed by atoms with van der Waals surface area (Å²) >= 11 is 0. The van der Waals surface area contributed by atoms with Crippen molar-refractivity contribution in [3.05, 3.63) is 29.6 Å². The first-order valence-corrected chi connectivity index (χ1v) is 6.52. The third-order valence-corrected chi connectivity index (χ3v) is 3.44. The molecule has 1 aliphatic heterocycles. The van der Waals surface area contributed by atoms with E-state index < -0.39 is 12.0 Å². The van der Waals surface area contributed by atoms with E-state index in [1.54, 1.807) is 6.20 Å². The van der Waals surface area contributed by atoms with Gasteiger partial charge in [-0.3, -0.25) is 9.78 Å². The summed E-state index contributed by atoms with van der Waals surface area (Å²) in [5, 5.41) is 9.15. The Labute approximate surface area is 112 Å². The fraction of sp³-hybridized carbons (Fsp3) is 0.500. The van der Waals surface area contributed by atoms with Gasteiger partial charge in [-0.25, -0.2) is 4.79 Å². The van der Waals surface area contributed by atoms with Crippen molar-refractivity contribution in [3.63, 3.8) is 0 Å². The van der Waals surface area contributed by atoms with E-state index in [1.807, 2.05) is 19.1 Å². The van der Waals surface area contributed by atoms with Crippen LogP contribution in [0.25, 0.3) is 0 Å². The zero-order valence-corrected chi connectivity index (χ0v) is 11.0. The first kappa shape index (κ1) is 13.5. The minimum atomic E-state index is -0.907. The lowest BCUT2D eigenvalue weighted by atomic mass is 10.0. The average molecular weight is 262 g/mol. The molecule has 0 aromatic carbocycles. The van der Waals surface area contributed by atoms with Crippen molar-refractivity contribution in [3.8, 4) is 0 Å². The van der Waals surface area contributed by atoms with Crippen LogP contribution in [0.5, 0.6) is 0 Å². The quantitative estimate of drug-likeness (QED) is 0.893. The number of nitrogens with zero attached hydrogens (tertiary/aromatic N) is 2. The fourth-order valence-electron chi connectivity index (χ4n) is 2.37. The lowest BCUT2D eigenvalue weighted by molar-refractivity contribution is -0.151. The van der Waals surface area contributed by atoms with Gasteiger partial charge in [-0.05, 0) is 37.8 Å². The van der Waals surface area contributed by atoms with E-state index in [1.165, 1.54) is 4.90 Å². The number of pyridine rings is 1. The van der Waals surface area contributed by atoms with Crippen molar-refractivity contribution in [2.24, 2.45) is 0 Å². The molecule has 0 bridgehead atoms. The Balaban J connectivity index is 2.05.